The van der Waals surface area contributed by atoms with Crippen molar-refractivity contribution in [1.82, 2.24) is 10.6 Å². The summed E-state index contributed by atoms with van der Waals surface area (Å²) in [5, 5.41) is 6.24. The highest BCUT2D eigenvalue weighted by atomic mass is 127. The van der Waals surface area contributed by atoms with Crippen molar-refractivity contribution in [1.29, 1.82) is 0 Å². The van der Waals surface area contributed by atoms with E-state index in [2.05, 4.69) is 15.6 Å². The molecule has 0 aliphatic heterocycles. The molecule has 0 aliphatic rings. The van der Waals surface area contributed by atoms with E-state index in [1.165, 1.54) is 6.07 Å². The molecule has 0 radical (unpaired) electrons. The number of hydrogen-bond acceptors (Lipinski definition) is 2. The molecule has 1 unspecified atom stereocenters. The third-order valence-electron chi connectivity index (χ3n) is 3.18. The summed E-state index contributed by atoms with van der Waals surface area (Å²) >= 11 is 0. The fourth-order valence-electron chi connectivity index (χ4n) is 1.72. The van der Waals surface area contributed by atoms with Crippen molar-refractivity contribution >= 4 is 40.7 Å². The van der Waals surface area contributed by atoms with Crippen LogP contribution in [0.2, 0.25) is 0 Å². The lowest BCUT2D eigenvalue weighted by Gasteiger charge is -2.18. The standard InChI is InChI=1S/C16H26FN3OS.HI/c1-12-6-7-13(10-14(12)17)11-20-15(18-5)19-8-9-22(21)16(2,3)4;/h6-7,10H,8-9,11H2,1-5H3,(H2,18,19,20);1H. The molecule has 4 nitrogen and oxygen atoms in total. The molecule has 0 spiro atoms. The van der Waals surface area contributed by atoms with Crippen LogP contribution >= 0.6 is 24.0 Å². The first-order valence-corrected chi connectivity index (χ1v) is 8.64. The van der Waals surface area contributed by atoms with Crippen LogP contribution < -0.4 is 10.6 Å². The molecule has 0 bridgehead atoms. The number of benzene rings is 1. The third-order valence-corrected chi connectivity index (χ3v) is 5.12. The van der Waals surface area contributed by atoms with Crippen molar-refractivity contribution in [3.8, 4) is 0 Å². The molecule has 2 N–H and O–H groups in total. The van der Waals surface area contributed by atoms with Crippen LogP contribution in [0.5, 0.6) is 0 Å². The van der Waals surface area contributed by atoms with Crippen molar-refractivity contribution in [2.75, 3.05) is 19.3 Å². The van der Waals surface area contributed by atoms with E-state index in [-0.39, 0.29) is 34.5 Å². The Morgan fingerprint density at radius 2 is 1.96 bits per heavy atom. The van der Waals surface area contributed by atoms with Gasteiger partial charge in [-0.05, 0) is 44.9 Å². The molecular weight excluding hydrogens is 428 g/mol. The number of aryl methyl sites for hydroxylation is 1. The minimum Gasteiger partial charge on any atom is -0.355 e. The molecule has 0 saturated heterocycles. The van der Waals surface area contributed by atoms with Gasteiger partial charge in [0, 0.05) is 41.4 Å². The Bertz CT molecular complexity index is 559. The van der Waals surface area contributed by atoms with Gasteiger partial charge in [-0.3, -0.25) is 9.20 Å². The van der Waals surface area contributed by atoms with E-state index < -0.39 is 10.8 Å². The monoisotopic (exact) mass is 455 g/mol. The lowest BCUT2D eigenvalue weighted by molar-refractivity contribution is 0.615. The highest BCUT2D eigenvalue weighted by Crippen LogP contribution is 2.10. The number of guanidine groups is 1. The average Bonchev–Trinajstić information content (AvgIpc) is 2.44. The van der Waals surface area contributed by atoms with E-state index in [9.17, 15) is 8.60 Å². The van der Waals surface area contributed by atoms with Crippen LogP contribution in [0.15, 0.2) is 23.2 Å². The van der Waals surface area contributed by atoms with Crippen LogP contribution in [-0.4, -0.2) is 34.3 Å². The quantitative estimate of drug-likeness (QED) is 0.408. The Hall–Kier alpha value is -0.700. The van der Waals surface area contributed by atoms with Crippen molar-refractivity contribution in [2.24, 2.45) is 4.99 Å². The maximum atomic E-state index is 13.5. The molecule has 23 heavy (non-hydrogen) atoms. The van der Waals surface area contributed by atoms with Gasteiger partial charge < -0.3 is 10.6 Å². The number of hydrogen-bond donors (Lipinski definition) is 2. The van der Waals surface area contributed by atoms with Crippen LogP contribution in [0.1, 0.15) is 31.9 Å². The summed E-state index contributed by atoms with van der Waals surface area (Å²) in [6.07, 6.45) is 0. The summed E-state index contributed by atoms with van der Waals surface area (Å²) in [6.45, 7) is 8.68. The van der Waals surface area contributed by atoms with E-state index in [0.29, 0.717) is 30.4 Å². The Labute approximate surface area is 158 Å². The molecule has 0 fully saturated rings. The minimum atomic E-state index is -0.896. The molecule has 0 heterocycles. The maximum absolute atomic E-state index is 13.5. The van der Waals surface area contributed by atoms with Gasteiger partial charge in [-0.15, -0.1) is 24.0 Å². The van der Waals surface area contributed by atoms with Gasteiger partial charge >= 0.3 is 0 Å². The number of nitrogens with one attached hydrogen (secondary N) is 2. The van der Waals surface area contributed by atoms with Gasteiger partial charge in [-0.1, -0.05) is 12.1 Å². The summed E-state index contributed by atoms with van der Waals surface area (Å²) in [5.74, 6) is 0.971. The van der Waals surface area contributed by atoms with Gasteiger partial charge in [0.15, 0.2) is 5.96 Å². The molecule has 1 aromatic rings. The van der Waals surface area contributed by atoms with Gasteiger partial charge in [-0.2, -0.15) is 0 Å². The van der Waals surface area contributed by atoms with Crippen LogP contribution in [0, 0.1) is 12.7 Å². The van der Waals surface area contributed by atoms with Gasteiger partial charge in [0.25, 0.3) is 0 Å². The smallest absolute Gasteiger partial charge is 0.191 e. The first-order valence-electron chi connectivity index (χ1n) is 7.32. The average molecular weight is 455 g/mol. The summed E-state index contributed by atoms with van der Waals surface area (Å²) < 4.78 is 25.2. The Balaban J connectivity index is 0.00000484. The van der Waals surface area contributed by atoms with Crippen LogP contribution in [0.4, 0.5) is 4.39 Å². The van der Waals surface area contributed by atoms with Crippen molar-refractivity contribution < 1.29 is 8.60 Å². The van der Waals surface area contributed by atoms with Crippen molar-refractivity contribution in [3.05, 3.63) is 35.1 Å². The highest BCUT2D eigenvalue weighted by molar-refractivity contribution is 14.0. The van der Waals surface area contributed by atoms with Gasteiger partial charge in [0.05, 0.1) is 0 Å². The lowest BCUT2D eigenvalue weighted by atomic mass is 10.1. The van der Waals surface area contributed by atoms with Gasteiger partial charge in [0.2, 0.25) is 0 Å². The Morgan fingerprint density at radius 3 is 2.48 bits per heavy atom. The first kappa shape index (κ1) is 22.3. The summed E-state index contributed by atoms with van der Waals surface area (Å²) in [5.41, 5.74) is 1.49. The molecule has 0 saturated carbocycles. The number of halogens is 2. The molecule has 0 aromatic heterocycles. The largest absolute Gasteiger partial charge is 0.355 e. The van der Waals surface area contributed by atoms with Crippen LogP contribution in [-0.2, 0) is 17.3 Å². The van der Waals surface area contributed by atoms with Gasteiger partial charge in [0.1, 0.15) is 5.82 Å². The molecule has 1 aromatic carbocycles. The zero-order valence-corrected chi connectivity index (χ0v) is 17.6. The molecular formula is C16H27FIN3OS. The van der Waals surface area contributed by atoms with E-state index in [4.69, 9.17) is 0 Å². The predicted molar refractivity (Wildman–Crippen MR) is 108 cm³/mol. The second-order valence-electron chi connectivity index (χ2n) is 6.10. The summed E-state index contributed by atoms with van der Waals surface area (Å²) in [4.78, 5) is 4.10. The second kappa shape index (κ2) is 10.2. The molecule has 132 valence electrons. The Morgan fingerprint density at radius 1 is 1.30 bits per heavy atom. The fraction of sp³-hybridized carbons (Fsp3) is 0.562. The SMILES string of the molecule is CN=C(NCCS(=O)C(C)(C)C)NCc1ccc(C)c(F)c1.I. The molecule has 1 atom stereocenters. The van der Waals surface area contributed by atoms with E-state index in [1.807, 2.05) is 26.8 Å². The molecule has 1 rings (SSSR count). The third kappa shape index (κ3) is 8.10. The van der Waals surface area contributed by atoms with Crippen molar-refractivity contribution in [2.45, 2.75) is 39.0 Å². The first-order chi connectivity index (χ1) is 10.2. The summed E-state index contributed by atoms with van der Waals surface area (Å²) in [7, 11) is 0.776. The number of rotatable bonds is 5. The number of nitrogens with zero attached hydrogens (tertiary/aromatic N) is 1. The van der Waals surface area contributed by atoms with E-state index in [0.717, 1.165) is 5.56 Å². The number of aliphatic imine (C=N–C) groups is 1. The minimum absolute atomic E-state index is 0. The van der Waals surface area contributed by atoms with E-state index in [1.54, 1.807) is 20.0 Å². The summed E-state index contributed by atoms with van der Waals surface area (Å²) in [6, 6.07) is 5.16. The molecule has 0 aliphatic carbocycles. The fourth-order valence-corrected chi connectivity index (χ4v) is 2.62. The maximum Gasteiger partial charge on any atom is 0.191 e. The zero-order valence-electron chi connectivity index (χ0n) is 14.4. The van der Waals surface area contributed by atoms with Crippen LogP contribution in [0.25, 0.3) is 0 Å². The van der Waals surface area contributed by atoms with Gasteiger partial charge in [-0.25, -0.2) is 4.39 Å². The normalized spacial score (nSPS) is 13.2. The van der Waals surface area contributed by atoms with Crippen LogP contribution in [0.3, 0.4) is 0 Å². The molecule has 7 heteroatoms. The second-order valence-corrected chi connectivity index (χ2v) is 8.42. The lowest BCUT2D eigenvalue weighted by Crippen LogP contribution is -2.40. The zero-order chi connectivity index (χ0) is 16.8. The molecule has 0 amide bonds. The highest BCUT2D eigenvalue weighted by Gasteiger charge is 2.18. The Kier molecular flexibility index (Phi) is 9.91. The van der Waals surface area contributed by atoms with E-state index >= 15 is 0 Å². The van der Waals surface area contributed by atoms with Crippen molar-refractivity contribution in [3.63, 3.8) is 0 Å². The topological polar surface area (TPSA) is 53.5 Å². The predicted octanol–water partition coefficient (Wildman–Crippen LogP) is 2.96.